The summed E-state index contributed by atoms with van der Waals surface area (Å²) in [6, 6.07) is 21.3. The largest absolute Gasteiger partial charge is 0.453 e. The summed E-state index contributed by atoms with van der Waals surface area (Å²) in [6.07, 6.45) is -1.81. The monoisotopic (exact) mass is 504 g/mol. The average molecular weight is 505 g/mol. The van der Waals surface area contributed by atoms with Crippen molar-refractivity contribution in [2.24, 2.45) is 0 Å². The Morgan fingerprint density at radius 3 is 1.95 bits per heavy atom. The van der Waals surface area contributed by atoms with E-state index in [0.29, 0.717) is 23.5 Å². The first-order chi connectivity index (χ1) is 18.0. The van der Waals surface area contributed by atoms with Crippen LogP contribution >= 0.6 is 0 Å². The van der Waals surface area contributed by atoms with Gasteiger partial charge in [0.1, 0.15) is 30.7 Å². The molecule has 0 N–H and O–H groups in total. The van der Waals surface area contributed by atoms with Gasteiger partial charge in [0.15, 0.2) is 6.10 Å². The smallest absolute Gasteiger partial charge is 0.343 e. The molecule has 0 spiro atoms. The van der Waals surface area contributed by atoms with Gasteiger partial charge in [0, 0.05) is 0 Å². The van der Waals surface area contributed by atoms with Crippen LogP contribution in [0.5, 0.6) is 5.75 Å². The van der Waals surface area contributed by atoms with Crippen molar-refractivity contribution in [1.29, 1.82) is 0 Å². The molecule has 8 heteroatoms. The van der Waals surface area contributed by atoms with Crippen LogP contribution in [0, 0.1) is 13.8 Å². The minimum Gasteiger partial charge on any atom is -0.453 e. The Kier molecular flexibility index (Phi) is 7.62. The Morgan fingerprint density at radius 1 is 0.730 bits per heavy atom. The van der Waals surface area contributed by atoms with E-state index in [1.807, 2.05) is 50.2 Å². The van der Waals surface area contributed by atoms with Crippen LogP contribution in [0.3, 0.4) is 0 Å². The summed E-state index contributed by atoms with van der Waals surface area (Å²) in [7, 11) is 0. The predicted molar refractivity (Wildman–Crippen MR) is 132 cm³/mol. The van der Waals surface area contributed by atoms with Gasteiger partial charge in [-0.15, -0.1) is 0 Å². The number of benzene rings is 3. The van der Waals surface area contributed by atoms with Gasteiger partial charge in [0.2, 0.25) is 0 Å². The van der Waals surface area contributed by atoms with Crippen LogP contribution < -0.4 is 4.74 Å². The second kappa shape index (κ2) is 11.2. The first-order valence-electron chi connectivity index (χ1n) is 12.1. The molecule has 5 rings (SSSR count). The van der Waals surface area contributed by atoms with Crippen LogP contribution in [-0.2, 0) is 30.6 Å². The third-order valence-corrected chi connectivity index (χ3v) is 6.35. The van der Waals surface area contributed by atoms with Crippen LogP contribution in [0.4, 0.5) is 0 Å². The highest BCUT2D eigenvalue weighted by Gasteiger charge is 2.50. The summed E-state index contributed by atoms with van der Waals surface area (Å²) in [5, 5.41) is 0. The lowest BCUT2D eigenvalue weighted by molar-refractivity contribution is -0.341. The maximum absolute atomic E-state index is 12.7. The third kappa shape index (κ3) is 6.06. The second-order valence-electron chi connectivity index (χ2n) is 9.20. The van der Waals surface area contributed by atoms with Gasteiger partial charge in [0.25, 0.3) is 0 Å². The molecule has 2 aliphatic heterocycles. The molecule has 0 bridgehead atoms. The van der Waals surface area contributed by atoms with E-state index in [1.165, 1.54) is 5.56 Å². The summed E-state index contributed by atoms with van der Waals surface area (Å²) in [4.78, 5) is 36.0. The summed E-state index contributed by atoms with van der Waals surface area (Å²) in [5.41, 5.74) is 4.00. The molecule has 0 aliphatic carbocycles. The van der Waals surface area contributed by atoms with Crippen molar-refractivity contribution in [2.45, 2.75) is 44.9 Å². The van der Waals surface area contributed by atoms with E-state index in [9.17, 15) is 9.59 Å². The zero-order valence-corrected chi connectivity index (χ0v) is 20.6. The molecule has 2 fully saturated rings. The van der Waals surface area contributed by atoms with E-state index in [2.05, 4.69) is 0 Å². The summed E-state index contributed by atoms with van der Waals surface area (Å²) < 4.78 is 22.6. The zero-order valence-electron chi connectivity index (χ0n) is 20.6. The van der Waals surface area contributed by atoms with Gasteiger partial charge in [-0.1, -0.05) is 47.5 Å². The molecule has 3 aromatic rings. The Morgan fingerprint density at radius 2 is 1.27 bits per heavy atom. The fourth-order valence-corrected chi connectivity index (χ4v) is 4.21. The number of hydrogen-bond acceptors (Lipinski definition) is 8. The highest BCUT2D eigenvalue weighted by Crippen LogP contribution is 2.31. The highest BCUT2D eigenvalue weighted by atomic mass is 17.2. The minimum absolute atomic E-state index is 0.200. The number of fused-ring (bicyclic) bond motifs is 1. The second-order valence-corrected chi connectivity index (χ2v) is 9.20. The van der Waals surface area contributed by atoms with Crippen molar-refractivity contribution in [3.63, 3.8) is 0 Å². The van der Waals surface area contributed by atoms with E-state index in [4.69, 9.17) is 28.7 Å². The van der Waals surface area contributed by atoms with Crippen molar-refractivity contribution >= 4 is 11.9 Å². The lowest BCUT2D eigenvalue weighted by Crippen LogP contribution is -2.35. The number of rotatable bonds is 8. The summed E-state index contributed by atoms with van der Waals surface area (Å²) in [5.74, 6) is -0.659. The van der Waals surface area contributed by atoms with E-state index in [0.717, 1.165) is 11.1 Å². The molecular formula is C29H28O8. The van der Waals surface area contributed by atoms with Crippen LogP contribution in [0.25, 0.3) is 0 Å². The molecule has 4 atom stereocenters. The normalized spacial score (nSPS) is 22.4. The van der Waals surface area contributed by atoms with E-state index in [-0.39, 0.29) is 19.3 Å². The van der Waals surface area contributed by atoms with Gasteiger partial charge < -0.3 is 18.9 Å². The molecule has 2 heterocycles. The van der Waals surface area contributed by atoms with E-state index in [1.54, 1.807) is 36.4 Å². The van der Waals surface area contributed by atoms with Crippen molar-refractivity contribution in [3.05, 3.63) is 101 Å². The van der Waals surface area contributed by atoms with Crippen molar-refractivity contribution in [2.75, 3.05) is 13.2 Å². The number of carbonyl (C=O) groups is 2. The number of esters is 2. The Hall–Kier alpha value is -3.56. The number of carbonyl (C=O) groups excluding carboxylic acids is 2. The number of ether oxygens (including phenoxy) is 4. The Bertz CT molecular complexity index is 1220. The van der Waals surface area contributed by atoms with Gasteiger partial charge in [0.05, 0.1) is 24.3 Å². The standard InChI is InChI=1S/C29H28O8/c1-18-3-7-20(8-4-18)15-34-37-25-17-33-26-24(16-32-27(25)26)36-29(31)22-11-13-23(14-12-22)35-28(30)21-9-5-19(2)6-10-21/h3-14,24-27H,15-17H2,1-2H3/t24?,25-,26+,27+/m0/s1. The van der Waals surface area contributed by atoms with Gasteiger partial charge in [-0.25, -0.2) is 19.4 Å². The topological polar surface area (TPSA) is 89.5 Å². The molecule has 2 saturated heterocycles. The lowest BCUT2D eigenvalue weighted by atomic mass is 10.1. The van der Waals surface area contributed by atoms with Gasteiger partial charge >= 0.3 is 11.9 Å². The van der Waals surface area contributed by atoms with Gasteiger partial charge in [-0.3, -0.25) is 0 Å². The van der Waals surface area contributed by atoms with Crippen molar-refractivity contribution in [1.82, 2.24) is 0 Å². The van der Waals surface area contributed by atoms with Crippen LogP contribution in [0.1, 0.15) is 37.4 Å². The summed E-state index contributed by atoms with van der Waals surface area (Å²) >= 11 is 0. The van der Waals surface area contributed by atoms with E-state index < -0.39 is 30.3 Å². The number of hydrogen-bond donors (Lipinski definition) is 0. The fraction of sp³-hybridized carbons (Fsp3) is 0.310. The maximum atomic E-state index is 12.7. The maximum Gasteiger partial charge on any atom is 0.343 e. The Labute approximate surface area is 214 Å². The molecule has 37 heavy (non-hydrogen) atoms. The summed E-state index contributed by atoms with van der Waals surface area (Å²) in [6.45, 7) is 4.75. The number of aryl methyl sites for hydroxylation is 2. The molecule has 0 saturated carbocycles. The van der Waals surface area contributed by atoms with Gasteiger partial charge in [-0.2, -0.15) is 0 Å². The van der Waals surface area contributed by atoms with E-state index >= 15 is 0 Å². The van der Waals surface area contributed by atoms with Crippen LogP contribution in [0.2, 0.25) is 0 Å². The predicted octanol–water partition coefficient (Wildman–Crippen LogP) is 4.36. The quantitative estimate of drug-likeness (QED) is 0.194. The van der Waals surface area contributed by atoms with Gasteiger partial charge in [-0.05, 0) is 55.8 Å². The molecule has 192 valence electrons. The third-order valence-electron chi connectivity index (χ3n) is 6.35. The first-order valence-corrected chi connectivity index (χ1v) is 12.1. The molecule has 0 amide bonds. The fourth-order valence-electron chi connectivity index (χ4n) is 4.21. The highest BCUT2D eigenvalue weighted by molar-refractivity contribution is 5.92. The lowest BCUT2D eigenvalue weighted by Gasteiger charge is -2.17. The van der Waals surface area contributed by atoms with Crippen LogP contribution in [-0.4, -0.2) is 49.6 Å². The zero-order chi connectivity index (χ0) is 25.8. The Balaban J connectivity index is 1.10. The van der Waals surface area contributed by atoms with Crippen molar-refractivity contribution < 1.29 is 38.3 Å². The average Bonchev–Trinajstić information content (AvgIpc) is 3.49. The molecular weight excluding hydrogens is 476 g/mol. The van der Waals surface area contributed by atoms with Crippen molar-refractivity contribution in [3.8, 4) is 5.75 Å². The first kappa shape index (κ1) is 25.1. The SMILES string of the molecule is Cc1ccc(COO[C@H]2CO[C@@H]3C(OC(=O)c4ccc(OC(=O)c5ccc(C)cc5)cc4)CO[C@H]23)cc1. The van der Waals surface area contributed by atoms with Crippen LogP contribution in [0.15, 0.2) is 72.8 Å². The minimum atomic E-state index is -0.567. The molecule has 0 aromatic heterocycles. The molecule has 0 radical (unpaired) electrons. The molecule has 8 nitrogen and oxygen atoms in total. The molecule has 3 aromatic carbocycles. The molecule has 1 unspecified atom stereocenters. The molecule has 2 aliphatic rings.